The first-order valence-corrected chi connectivity index (χ1v) is 8.64. The van der Waals surface area contributed by atoms with Gasteiger partial charge in [-0.05, 0) is 32.0 Å². The maximum atomic E-state index is 12.8. The van der Waals surface area contributed by atoms with Gasteiger partial charge in [0.2, 0.25) is 0 Å². The van der Waals surface area contributed by atoms with Crippen molar-refractivity contribution in [1.82, 2.24) is 4.57 Å². The summed E-state index contributed by atoms with van der Waals surface area (Å²) in [7, 11) is 1.88. The molecule has 0 fully saturated rings. The quantitative estimate of drug-likeness (QED) is 0.658. The van der Waals surface area contributed by atoms with Gasteiger partial charge >= 0.3 is 5.97 Å². The summed E-state index contributed by atoms with van der Waals surface area (Å²) >= 11 is 0. The Morgan fingerprint density at radius 1 is 1.08 bits per heavy atom. The topological polar surface area (TPSA) is 51.5 Å². The predicted octanol–water partition coefficient (Wildman–Crippen LogP) is 3.78. The summed E-state index contributed by atoms with van der Waals surface area (Å²) in [4.78, 5) is 27.0. The summed E-state index contributed by atoms with van der Waals surface area (Å²) in [6.07, 6.45) is 0.862. The molecule has 0 aliphatic rings. The number of anilines is 1. The average Bonchev–Trinajstić information content (AvgIpc) is 3.00. The van der Waals surface area contributed by atoms with Crippen molar-refractivity contribution < 1.29 is 14.3 Å². The minimum absolute atomic E-state index is 0.243. The monoisotopic (exact) mass is 350 g/mol. The van der Waals surface area contributed by atoms with Crippen LogP contribution in [-0.4, -0.2) is 29.1 Å². The van der Waals surface area contributed by atoms with Crippen LogP contribution in [0.3, 0.4) is 0 Å². The maximum Gasteiger partial charge on any atom is 0.341 e. The van der Waals surface area contributed by atoms with Crippen LogP contribution in [0.15, 0.2) is 60.8 Å². The Balaban J connectivity index is 1.79. The summed E-state index contributed by atoms with van der Waals surface area (Å²) in [6.45, 7) is 4.00. The summed E-state index contributed by atoms with van der Waals surface area (Å²) in [5, 5.41) is 0.815. The van der Waals surface area contributed by atoms with Gasteiger partial charge in [0.25, 0.3) is 5.91 Å². The van der Waals surface area contributed by atoms with E-state index in [1.54, 1.807) is 18.0 Å². The fourth-order valence-corrected chi connectivity index (χ4v) is 3.07. The summed E-state index contributed by atoms with van der Waals surface area (Å²) in [6, 6.07) is 17.0. The highest BCUT2D eigenvalue weighted by Crippen LogP contribution is 2.22. The van der Waals surface area contributed by atoms with Crippen LogP contribution in [-0.2, 0) is 16.6 Å². The van der Waals surface area contributed by atoms with E-state index in [0.29, 0.717) is 12.1 Å². The lowest BCUT2D eigenvalue weighted by molar-refractivity contribution is -0.126. The van der Waals surface area contributed by atoms with Gasteiger partial charge in [0, 0.05) is 36.4 Å². The second-order valence-corrected chi connectivity index (χ2v) is 6.14. The minimum atomic E-state index is -0.873. The average molecular weight is 350 g/mol. The van der Waals surface area contributed by atoms with Crippen molar-refractivity contribution in [2.45, 2.75) is 20.0 Å². The summed E-state index contributed by atoms with van der Waals surface area (Å²) in [5.74, 6) is -0.737. The molecule has 0 unspecified atom stereocenters. The number of benzene rings is 2. The number of hydrogen-bond donors (Lipinski definition) is 0. The van der Waals surface area contributed by atoms with Crippen LogP contribution in [0.5, 0.6) is 0 Å². The number of ether oxygens (including phenoxy) is 1. The van der Waals surface area contributed by atoms with E-state index in [4.69, 9.17) is 4.74 Å². The van der Waals surface area contributed by atoms with E-state index in [1.807, 2.05) is 73.1 Å². The zero-order valence-electron chi connectivity index (χ0n) is 15.2. The Morgan fingerprint density at radius 2 is 1.73 bits per heavy atom. The fraction of sp³-hybridized carbons (Fsp3) is 0.238. The van der Waals surface area contributed by atoms with Gasteiger partial charge in [-0.15, -0.1) is 0 Å². The lowest BCUT2D eigenvalue weighted by atomic mass is 10.2. The van der Waals surface area contributed by atoms with Crippen LogP contribution in [0, 0.1) is 0 Å². The lowest BCUT2D eigenvalue weighted by Crippen LogP contribution is -2.40. The number of hydrogen-bond acceptors (Lipinski definition) is 3. The third-order valence-electron chi connectivity index (χ3n) is 4.40. The minimum Gasteiger partial charge on any atom is -0.449 e. The Kier molecular flexibility index (Phi) is 5.07. The molecule has 3 rings (SSSR count). The highest BCUT2D eigenvalue weighted by Gasteiger charge is 2.25. The molecule has 0 N–H and O–H groups in total. The Morgan fingerprint density at radius 3 is 2.42 bits per heavy atom. The van der Waals surface area contributed by atoms with Gasteiger partial charge in [-0.1, -0.05) is 36.4 Å². The standard InChI is InChI=1S/C21H22N2O3/c1-4-23(16-10-6-5-7-11-16)20(24)15(2)26-21(25)18-14-22(3)19-13-9-8-12-17(18)19/h5-15H,4H2,1-3H3/t15-/m1/s1. The molecule has 3 aromatic rings. The fourth-order valence-electron chi connectivity index (χ4n) is 3.07. The summed E-state index contributed by atoms with van der Waals surface area (Å²) in [5.41, 5.74) is 2.19. The molecule has 2 aromatic carbocycles. The molecule has 1 aromatic heterocycles. The van der Waals surface area contributed by atoms with Crippen molar-refractivity contribution in [3.63, 3.8) is 0 Å². The zero-order chi connectivity index (χ0) is 18.7. The Labute approximate surface area is 152 Å². The van der Waals surface area contributed by atoms with Gasteiger partial charge in [-0.25, -0.2) is 4.79 Å². The molecule has 0 spiro atoms. The van der Waals surface area contributed by atoms with Crippen molar-refractivity contribution in [1.29, 1.82) is 0 Å². The maximum absolute atomic E-state index is 12.8. The number of likely N-dealkylation sites (N-methyl/N-ethyl adjacent to an activating group) is 1. The first-order valence-electron chi connectivity index (χ1n) is 8.64. The molecular weight excluding hydrogens is 328 g/mol. The molecule has 1 amide bonds. The lowest BCUT2D eigenvalue weighted by Gasteiger charge is -2.24. The van der Waals surface area contributed by atoms with Crippen molar-refractivity contribution >= 4 is 28.5 Å². The number of rotatable bonds is 5. The van der Waals surface area contributed by atoms with E-state index in [9.17, 15) is 9.59 Å². The second kappa shape index (κ2) is 7.44. The number of carbonyl (C=O) groups is 2. The SMILES string of the molecule is CCN(C(=O)[C@@H](C)OC(=O)c1cn(C)c2ccccc12)c1ccccc1. The van der Waals surface area contributed by atoms with Crippen molar-refractivity contribution in [2.24, 2.45) is 7.05 Å². The number of nitrogens with zero attached hydrogens (tertiary/aromatic N) is 2. The van der Waals surface area contributed by atoms with Gasteiger partial charge in [0.05, 0.1) is 5.56 Å². The largest absolute Gasteiger partial charge is 0.449 e. The molecular formula is C21H22N2O3. The molecule has 26 heavy (non-hydrogen) atoms. The number of amides is 1. The molecule has 0 saturated heterocycles. The Hall–Kier alpha value is -3.08. The van der Waals surface area contributed by atoms with E-state index >= 15 is 0 Å². The van der Waals surface area contributed by atoms with Crippen molar-refractivity contribution in [3.8, 4) is 0 Å². The molecule has 0 aliphatic heterocycles. The van der Waals surface area contributed by atoms with E-state index in [1.165, 1.54) is 0 Å². The van der Waals surface area contributed by atoms with Gasteiger partial charge in [-0.3, -0.25) is 4.79 Å². The van der Waals surface area contributed by atoms with Crippen molar-refractivity contribution in [3.05, 3.63) is 66.4 Å². The molecule has 1 atom stereocenters. The molecule has 5 nitrogen and oxygen atoms in total. The smallest absolute Gasteiger partial charge is 0.341 e. The first kappa shape index (κ1) is 17.7. The molecule has 0 radical (unpaired) electrons. The first-order chi connectivity index (χ1) is 12.5. The third kappa shape index (κ3) is 3.33. The van der Waals surface area contributed by atoms with Crippen LogP contribution >= 0.6 is 0 Å². The number of esters is 1. The van der Waals surface area contributed by atoms with E-state index < -0.39 is 12.1 Å². The highest BCUT2D eigenvalue weighted by atomic mass is 16.5. The summed E-state index contributed by atoms with van der Waals surface area (Å²) < 4.78 is 7.36. The molecule has 134 valence electrons. The van der Waals surface area contributed by atoms with Crippen LogP contribution in [0.25, 0.3) is 10.9 Å². The number of para-hydroxylation sites is 2. The van der Waals surface area contributed by atoms with E-state index in [0.717, 1.165) is 16.6 Å². The van der Waals surface area contributed by atoms with Crippen LogP contribution in [0.4, 0.5) is 5.69 Å². The third-order valence-corrected chi connectivity index (χ3v) is 4.40. The second-order valence-electron chi connectivity index (χ2n) is 6.14. The van der Waals surface area contributed by atoms with Crippen molar-refractivity contribution in [2.75, 3.05) is 11.4 Å². The molecule has 0 bridgehead atoms. The predicted molar refractivity (Wildman–Crippen MR) is 102 cm³/mol. The van der Waals surface area contributed by atoms with E-state index in [2.05, 4.69) is 0 Å². The highest BCUT2D eigenvalue weighted by molar-refractivity contribution is 6.06. The van der Waals surface area contributed by atoms with Gasteiger partial charge in [0.1, 0.15) is 0 Å². The number of fused-ring (bicyclic) bond motifs is 1. The zero-order valence-corrected chi connectivity index (χ0v) is 15.2. The molecule has 0 aliphatic carbocycles. The van der Waals surface area contributed by atoms with Gasteiger partial charge in [-0.2, -0.15) is 0 Å². The van der Waals surface area contributed by atoms with Crippen LogP contribution in [0.2, 0.25) is 0 Å². The van der Waals surface area contributed by atoms with Crippen LogP contribution < -0.4 is 4.90 Å². The normalized spacial score (nSPS) is 12.0. The number of carbonyl (C=O) groups excluding carboxylic acids is 2. The Bertz CT molecular complexity index is 931. The van der Waals surface area contributed by atoms with E-state index in [-0.39, 0.29) is 5.91 Å². The molecule has 0 saturated carbocycles. The van der Waals surface area contributed by atoms with Gasteiger partial charge < -0.3 is 14.2 Å². The van der Waals surface area contributed by atoms with Crippen LogP contribution in [0.1, 0.15) is 24.2 Å². The number of aromatic nitrogens is 1. The number of aryl methyl sites for hydroxylation is 1. The van der Waals surface area contributed by atoms with Gasteiger partial charge in [0.15, 0.2) is 6.10 Å². The molecule has 5 heteroatoms. The molecule has 1 heterocycles.